The molecule has 2 aromatic rings. The lowest BCUT2D eigenvalue weighted by Crippen LogP contribution is -2.51. The molecule has 0 spiro atoms. The zero-order valence-electron chi connectivity index (χ0n) is 19.3. The molecule has 0 bridgehead atoms. The van der Waals surface area contributed by atoms with Crippen LogP contribution in [0.15, 0.2) is 36.4 Å². The van der Waals surface area contributed by atoms with Gasteiger partial charge in [-0.3, -0.25) is 9.59 Å². The predicted molar refractivity (Wildman–Crippen MR) is 127 cm³/mol. The third-order valence-electron chi connectivity index (χ3n) is 5.37. The Morgan fingerprint density at radius 3 is 2.27 bits per heavy atom. The molecule has 1 saturated heterocycles. The van der Waals surface area contributed by atoms with Crippen LogP contribution in [0.2, 0.25) is 5.02 Å². The minimum Gasteiger partial charge on any atom is -0.339 e. The third-order valence-corrected chi connectivity index (χ3v) is 5.61. The number of hydrazine groups is 1. The van der Waals surface area contributed by atoms with Crippen molar-refractivity contribution in [2.75, 3.05) is 38.7 Å². The van der Waals surface area contributed by atoms with Crippen LogP contribution in [0.4, 0.5) is 10.1 Å². The second kappa shape index (κ2) is 9.87. The maximum Gasteiger partial charge on any atom is 0.256 e. The fraction of sp³-hybridized carbons (Fsp3) is 0.417. The lowest BCUT2D eigenvalue weighted by molar-refractivity contribution is -0.486. The molecule has 1 heterocycles. The average molecular weight is 476 g/mol. The van der Waals surface area contributed by atoms with E-state index in [2.05, 4.69) is 5.43 Å². The van der Waals surface area contributed by atoms with Gasteiger partial charge in [0.15, 0.2) is 0 Å². The van der Waals surface area contributed by atoms with Crippen LogP contribution >= 0.6 is 11.6 Å². The standard InChI is InChI=1S/C24H28ClFN4O3/c1-24(2,3)15-22(31)29-9-11-30(12-10-29)23(32)19-13-16(5-8-21(19)27-28(4)33)18-7-6-17(25)14-20(18)26/h5-8,13-14H,9-12,15H2,1-4H3/p+1. The molecule has 2 aromatic carbocycles. The van der Waals surface area contributed by atoms with Gasteiger partial charge < -0.3 is 9.80 Å². The molecule has 0 radical (unpaired) electrons. The zero-order chi connectivity index (χ0) is 24.3. The van der Waals surface area contributed by atoms with Gasteiger partial charge in [0.25, 0.3) is 5.91 Å². The normalized spacial score (nSPS) is 14.2. The summed E-state index contributed by atoms with van der Waals surface area (Å²) in [7, 11) is 1.28. The number of piperazine rings is 1. The molecular weight excluding hydrogens is 447 g/mol. The molecule has 7 nitrogen and oxygen atoms in total. The summed E-state index contributed by atoms with van der Waals surface area (Å²) in [6.45, 7) is 7.68. The Labute approximate surface area is 198 Å². The van der Waals surface area contributed by atoms with Gasteiger partial charge in [0.2, 0.25) is 13.0 Å². The minimum absolute atomic E-state index is 0.0742. The number of rotatable bonds is 5. The summed E-state index contributed by atoms with van der Waals surface area (Å²) < 4.78 is 14.5. The number of hydrogen-bond donors (Lipinski definition) is 1. The summed E-state index contributed by atoms with van der Waals surface area (Å²) in [6, 6.07) is 9.12. The fourth-order valence-corrected chi connectivity index (χ4v) is 3.93. The van der Waals surface area contributed by atoms with Gasteiger partial charge in [-0.15, -0.1) is 5.43 Å². The summed E-state index contributed by atoms with van der Waals surface area (Å²) in [5.74, 6) is -0.725. The van der Waals surface area contributed by atoms with Gasteiger partial charge in [-0.2, -0.15) is 0 Å². The lowest BCUT2D eigenvalue weighted by atomic mass is 9.91. The molecule has 1 aliphatic rings. The predicted octanol–water partition coefficient (Wildman–Crippen LogP) is 4.60. The van der Waals surface area contributed by atoms with Crippen LogP contribution in [0.25, 0.3) is 11.1 Å². The van der Waals surface area contributed by atoms with Crippen LogP contribution < -0.4 is 5.43 Å². The van der Waals surface area contributed by atoms with Crippen molar-refractivity contribution >= 4 is 29.1 Å². The number of nitroso groups, excluding NO2 is 1. The first-order valence-electron chi connectivity index (χ1n) is 10.8. The van der Waals surface area contributed by atoms with Crippen LogP contribution in [-0.4, -0.2) is 59.7 Å². The second-order valence-electron chi connectivity index (χ2n) is 9.40. The Balaban J connectivity index is 1.84. The summed E-state index contributed by atoms with van der Waals surface area (Å²) in [4.78, 5) is 41.4. The molecular formula is C24H29ClFN4O3+. The van der Waals surface area contributed by atoms with Crippen molar-refractivity contribution in [2.45, 2.75) is 27.2 Å². The largest absolute Gasteiger partial charge is 0.339 e. The SMILES string of the molecule is C[N+](=O)Nc1ccc(-c2ccc(Cl)cc2F)cc1C(=O)N1CCN(C(=O)CC(C)(C)C)CC1. The summed E-state index contributed by atoms with van der Waals surface area (Å²) in [5.41, 5.74) is 3.86. The van der Waals surface area contributed by atoms with E-state index < -0.39 is 5.82 Å². The maximum absolute atomic E-state index is 14.5. The Kier molecular flexibility index (Phi) is 7.37. The molecule has 0 aliphatic carbocycles. The number of anilines is 1. The van der Waals surface area contributed by atoms with E-state index in [0.717, 1.165) is 0 Å². The smallest absolute Gasteiger partial charge is 0.256 e. The number of amides is 2. The van der Waals surface area contributed by atoms with Crippen molar-refractivity contribution in [3.63, 3.8) is 0 Å². The van der Waals surface area contributed by atoms with E-state index in [9.17, 15) is 18.9 Å². The highest BCUT2D eigenvalue weighted by Crippen LogP contribution is 2.30. The number of carbonyl (C=O) groups excluding carboxylic acids is 2. The van der Waals surface area contributed by atoms with Gasteiger partial charge in [-0.25, -0.2) is 4.39 Å². The van der Waals surface area contributed by atoms with Gasteiger partial charge in [-0.1, -0.05) is 38.4 Å². The van der Waals surface area contributed by atoms with E-state index in [4.69, 9.17) is 11.6 Å². The van der Waals surface area contributed by atoms with E-state index >= 15 is 0 Å². The first kappa shape index (κ1) is 24.6. The van der Waals surface area contributed by atoms with Crippen LogP contribution in [0.1, 0.15) is 37.6 Å². The third kappa shape index (κ3) is 6.28. The number of carbonyl (C=O) groups is 2. The number of halogens is 2. The highest BCUT2D eigenvalue weighted by Gasteiger charge is 2.29. The average Bonchev–Trinajstić information content (AvgIpc) is 2.72. The van der Waals surface area contributed by atoms with Crippen molar-refractivity contribution < 1.29 is 18.8 Å². The van der Waals surface area contributed by atoms with Gasteiger partial charge in [0.1, 0.15) is 16.4 Å². The van der Waals surface area contributed by atoms with Crippen molar-refractivity contribution in [1.82, 2.24) is 9.80 Å². The molecule has 3 rings (SSSR count). The Morgan fingerprint density at radius 2 is 1.70 bits per heavy atom. The van der Waals surface area contributed by atoms with E-state index in [1.165, 1.54) is 13.1 Å². The van der Waals surface area contributed by atoms with E-state index in [0.29, 0.717) is 54.3 Å². The molecule has 0 saturated carbocycles. The highest BCUT2D eigenvalue weighted by atomic mass is 35.5. The second-order valence-corrected chi connectivity index (χ2v) is 9.84. The molecule has 176 valence electrons. The summed E-state index contributed by atoms with van der Waals surface area (Å²) in [5, 5.41) is 0.276. The minimum atomic E-state index is -0.506. The van der Waals surface area contributed by atoms with Gasteiger partial charge in [0, 0.05) is 43.2 Å². The Hall–Kier alpha value is -3.00. The molecule has 1 aliphatic heterocycles. The molecule has 0 aromatic heterocycles. The van der Waals surface area contributed by atoms with Crippen LogP contribution in [-0.2, 0) is 4.79 Å². The lowest BCUT2D eigenvalue weighted by Gasteiger charge is -2.36. The highest BCUT2D eigenvalue weighted by molar-refractivity contribution is 6.30. The zero-order valence-corrected chi connectivity index (χ0v) is 20.1. The first-order chi connectivity index (χ1) is 15.4. The van der Waals surface area contributed by atoms with Crippen molar-refractivity contribution in [2.24, 2.45) is 5.41 Å². The summed E-state index contributed by atoms with van der Waals surface area (Å²) >= 11 is 5.86. The van der Waals surface area contributed by atoms with E-state index in [1.807, 2.05) is 20.8 Å². The maximum atomic E-state index is 14.5. The molecule has 0 atom stereocenters. The monoisotopic (exact) mass is 475 g/mol. The molecule has 0 unspecified atom stereocenters. The Bertz CT molecular complexity index is 1080. The molecule has 33 heavy (non-hydrogen) atoms. The number of benzene rings is 2. The molecule has 9 heteroatoms. The van der Waals surface area contributed by atoms with Crippen LogP contribution in [0.5, 0.6) is 0 Å². The molecule has 2 amide bonds. The fourth-order valence-electron chi connectivity index (χ4n) is 3.77. The molecule has 1 N–H and O–H groups in total. The number of nitrogens with one attached hydrogen (secondary N) is 1. The number of nitrogens with zero attached hydrogens (tertiary/aromatic N) is 3. The first-order valence-corrected chi connectivity index (χ1v) is 11.2. The number of hydrogen-bond acceptors (Lipinski definition) is 3. The van der Waals surface area contributed by atoms with E-state index in [1.54, 1.807) is 40.1 Å². The van der Waals surface area contributed by atoms with Crippen LogP contribution in [0.3, 0.4) is 0 Å². The summed E-state index contributed by atoms with van der Waals surface area (Å²) in [6.07, 6.45) is 0.444. The van der Waals surface area contributed by atoms with Gasteiger partial charge in [-0.05, 0) is 41.3 Å². The van der Waals surface area contributed by atoms with Crippen molar-refractivity contribution in [3.05, 3.63) is 57.7 Å². The topological polar surface area (TPSA) is 72.7 Å². The van der Waals surface area contributed by atoms with Gasteiger partial charge in [0.05, 0.1) is 10.5 Å². The van der Waals surface area contributed by atoms with Crippen LogP contribution in [0, 0.1) is 16.1 Å². The van der Waals surface area contributed by atoms with E-state index in [-0.39, 0.29) is 27.8 Å². The van der Waals surface area contributed by atoms with Gasteiger partial charge >= 0.3 is 0 Å². The van der Waals surface area contributed by atoms with Crippen molar-refractivity contribution in [1.29, 1.82) is 0 Å². The van der Waals surface area contributed by atoms with Crippen molar-refractivity contribution in [3.8, 4) is 11.1 Å². The molecule has 1 fully saturated rings. The Morgan fingerprint density at radius 1 is 1.06 bits per heavy atom. The quantitative estimate of drug-likeness (QED) is 0.506.